The van der Waals surface area contributed by atoms with Gasteiger partial charge in [0.05, 0.1) is 12.3 Å². The molecular weight excluding hydrogens is 214 g/mol. The highest BCUT2D eigenvalue weighted by atomic mass is 16.5. The fourth-order valence-corrected chi connectivity index (χ4v) is 2.55. The van der Waals surface area contributed by atoms with Crippen LogP contribution < -0.4 is 5.32 Å². The van der Waals surface area contributed by atoms with Gasteiger partial charge < -0.3 is 10.1 Å². The zero-order valence-corrected chi connectivity index (χ0v) is 10.9. The quantitative estimate of drug-likeness (QED) is 0.840. The van der Waals surface area contributed by atoms with Crippen molar-refractivity contribution in [1.82, 2.24) is 15.1 Å². The van der Waals surface area contributed by atoms with Crippen molar-refractivity contribution in [1.29, 1.82) is 0 Å². The molecule has 0 bridgehead atoms. The standard InChI is InChI=1S/C13H23N3O/c1-3-14-13(11-5-4-8-17-10-11)9-12-6-7-16(2)15-12/h6-7,11,13-14H,3-5,8-10H2,1-2H3. The van der Waals surface area contributed by atoms with Crippen LogP contribution >= 0.6 is 0 Å². The SMILES string of the molecule is CCNC(Cc1ccn(C)n1)C1CCCOC1. The van der Waals surface area contributed by atoms with Gasteiger partial charge in [0.25, 0.3) is 0 Å². The molecule has 1 saturated heterocycles. The van der Waals surface area contributed by atoms with E-state index in [1.807, 2.05) is 17.9 Å². The van der Waals surface area contributed by atoms with E-state index in [9.17, 15) is 0 Å². The fourth-order valence-electron chi connectivity index (χ4n) is 2.55. The molecule has 2 atom stereocenters. The maximum absolute atomic E-state index is 5.59. The smallest absolute Gasteiger partial charge is 0.0640 e. The molecule has 96 valence electrons. The van der Waals surface area contributed by atoms with Gasteiger partial charge in [-0.2, -0.15) is 5.10 Å². The van der Waals surface area contributed by atoms with Gasteiger partial charge in [-0.05, 0) is 31.4 Å². The minimum Gasteiger partial charge on any atom is -0.381 e. The lowest BCUT2D eigenvalue weighted by Gasteiger charge is -2.30. The van der Waals surface area contributed by atoms with Gasteiger partial charge in [0, 0.05) is 32.3 Å². The van der Waals surface area contributed by atoms with Crippen molar-refractivity contribution in [2.45, 2.75) is 32.2 Å². The summed E-state index contributed by atoms with van der Waals surface area (Å²) in [5.74, 6) is 0.630. The molecule has 0 amide bonds. The lowest BCUT2D eigenvalue weighted by molar-refractivity contribution is 0.0394. The highest BCUT2D eigenvalue weighted by molar-refractivity contribution is 5.02. The first-order chi connectivity index (χ1) is 8.29. The molecule has 1 fully saturated rings. The van der Waals surface area contributed by atoms with Crippen LogP contribution in [0.25, 0.3) is 0 Å². The third kappa shape index (κ3) is 3.54. The minimum absolute atomic E-state index is 0.496. The Morgan fingerprint density at radius 3 is 3.12 bits per heavy atom. The van der Waals surface area contributed by atoms with Gasteiger partial charge in [0.2, 0.25) is 0 Å². The summed E-state index contributed by atoms with van der Waals surface area (Å²) in [6.45, 7) is 4.99. The van der Waals surface area contributed by atoms with Crippen molar-refractivity contribution in [3.05, 3.63) is 18.0 Å². The molecule has 1 aromatic heterocycles. The lowest BCUT2D eigenvalue weighted by atomic mass is 9.90. The van der Waals surface area contributed by atoms with Gasteiger partial charge >= 0.3 is 0 Å². The van der Waals surface area contributed by atoms with E-state index >= 15 is 0 Å². The van der Waals surface area contributed by atoms with E-state index in [4.69, 9.17) is 4.74 Å². The van der Waals surface area contributed by atoms with E-state index < -0.39 is 0 Å². The van der Waals surface area contributed by atoms with Crippen LogP contribution in [0.4, 0.5) is 0 Å². The maximum atomic E-state index is 5.59. The van der Waals surface area contributed by atoms with Gasteiger partial charge in [0.1, 0.15) is 0 Å². The number of nitrogens with zero attached hydrogens (tertiary/aromatic N) is 2. The molecule has 1 aliphatic heterocycles. The van der Waals surface area contributed by atoms with Crippen molar-refractivity contribution in [2.24, 2.45) is 13.0 Å². The Morgan fingerprint density at radius 2 is 2.53 bits per heavy atom. The van der Waals surface area contributed by atoms with Gasteiger partial charge in [-0.1, -0.05) is 6.92 Å². The predicted octanol–water partition coefficient (Wildman–Crippen LogP) is 1.37. The Kier molecular flexibility index (Phi) is 4.57. The molecule has 0 spiro atoms. The van der Waals surface area contributed by atoms with Gasteiger partial charge in [0.15, 0.2) is 0 Å². The monoisotopic (exact) mass is 237 g/mol. The summed E-state index contributed by atoms with van der Waals surface area (Å²) in [5, 5.41) is 8.04. The first kappa shape index (κ1) is 12.6. The Balaban J connectivity index is 1.95. The lowest BCUT2D eigenvalue weighted by Crippen LogP contribution is -2.41. The molecule has 17 heavy (non-hydrogen) atoms. The number of hydrogen-bond acceptors (Lipinski definition) is 3. The van der Waals surface area contributed by atoms with Crippen LogP contribution in [0.5, 0.6) is 0 Å². The van der Waals surface area contributed by atoms with Gasteiger partial charge in [-0.15, -0.1) is 0 Å². The van der Waals surface area contributed by atoms with Crippen LogP contribution in [0, 0.1) is 5.92 Å². The number of likely N-dealkylation sites (N-methyl/N-ethyl adjacent to an activating group) is 1. The molecule has 1 N–H and O–H groups in total. The van der Waals surface area contributed by atoms with E-state index in [1.54, 1.807) is 0 Å². The number of hydrogen-bond donors (Lipinski definition) is 1. The molecule has 2 heterocycles. The predicted molar refractivity (Wildman–Crippen MR) is 67.9 cm³/mol. The fraction of sp³-hybridized carbons (Fsp3) is 0.769. The number of aromatic nitrogens is 2. The Bertz CT molecular complexity index is 331. The number of aryl methyl sites for hydroxylation is 1. The van der Waals surface area contributed by atoms with Crippen LogP contribution in [0.2, 0.25) is 0 Å². The maximum Gasteiger partial charge on any atom is 0.0640 e. The second kappa shape index (κ2) is 6.17. The molecule has 4 heteroatoms. The van der Waals surface area contributed by atoms with Crippen molar-refractivity contribution < 1.29 is 4.74 Å². The molecular formula is C13H23N3O. The topological polar surface area (TPSA) is 39.1 Å². The molecule has 1 aliphatic rings. The zero-order chi connectivity index (χ0) is 12.1. The van der Waals surface area contributed by atoms with Crippen molar-refractivity contribution in [2.75, 3.05) is 19.8 Å². The summed E-state index contributed by atoms with van der Waals surface area (Å²) < 4.78 is 7.46. The number of nitrogens with one attached hydrogen (secondary N) is 1. The molecule has 2 rings (SSSR count). The summed E-state index contributed by atoms with van der Waals surface area (Å²) in [4.78, 5) is 0. The Hall–Kier alpha value is -0.870. The normalized spacial score (nSPS) is 22.6. The summed E-state index contributed by atoms with van der Waals surface area (Å²) in [6.07, 6.45) is 5.47. The van der Waals surface area contributed by atoms with Crippen molar-refractivity contribution >= 4 is 0 Å². The highest BCUT2D eigenvalue weighted by Gasteiger charge is 2.24. The Labute approximate surface area is 103 Å². The molecule has 2 unspecified atom stereocenters. The van der Waals surface area contributed by atoms with Crippen molar-refractivity contribution in [3.8, 4) is 0 Å². The first-order valence-corrected chi connectivity index (χ1v) is 6.59. The number of rotatable bonds is 5. The summed E-state index contributed by atoms with van der Waals surface area (Å²) >= 11 is 0. The van der Waals surface area contributed by atoms with Crippen LogP contribution in [0.15, 0.2) is 12.3 Å². The van der Waals surface area contributed by atoms with E-state index in [-0.39, 0.29) is 0 Å². The van der Waals surface area contributed by atoms with Crippen LogP contribution in [-0.4, -0.2) is 35.6 Å². The van der Waals surface area contributed by atoms with Crippen LogP contribution in [-0.2, 0) is 18.2 Å². The van der Waals surface area contributed by atoms with Crippen LogP contribution in [0.3, 0.4) is 0 Å². The molecule has 1 aromatic rings. The highest BCUT2D eigenvalue weighted by Crippen LogP contribution is 2.19. The van der Waals surface area contributed by atoms with E-state index in [0.717, 1.165) is 26.2 Å². The molecule has 0 radical (unpaired) electrons. The Morgan fingerprint density at radius 1 is 1.65 bits per heavy atom. The second-order valence-electron chi connectivity index (χ2n) is 4.83. The molecule has 0 aromatic carbocycles. The average Bonchev–Trinajstić information content (AvgIpc) is 2.75. The molecule has 4 nitrogen and oxygen atoms in total. The second-order valence-corrected chi connectivity index (χ2v) is 4.83. The largest absolute Gasteiger partial charge is 0.381 e. The summed E-state index contributed by atoms with van der Waals surface area (Å²) in [5.41, 5.74) is 1.17. The minimum atomic E-state index is 0.496. The summed E-state index contributed by atoms with van der Waals surface area (Å²) in [7, 11) is 1.97. The molecule has 0 saturated carbocycles. The third-order valence-electron chi connectivity index (χ3n) is 3.43. The van der Waals surface area contributed by atoms with Crippen molar-refractivity contribution in [3.63, 3.8) is 0 Å². The van der Waals surface area contributed by atoms with E-state index in [1.165, 1.54) is 18.5 Å². The van der Waals surface area contributed by atoms with Crippen LogP contribution in [0.1, 0.15) is 25.5 Å². The van der Waals surface area contributed by atoms with E-state index in [0.29, 0.717) is 12.0 Å². The first-order valence-electron chi connectivity index (χ1n) is 6.59. The molecule has 0 aliphatic carbocycles. The van der Waals surface area contributed by atoms with E-state index in [2.05, 4.69) is 23.4 Å². The van der Waals surface area contributed by atoms with Gasteiger partial charge in [-0.25, -0.2) is 0 Å². The summed E-state index contributed by atoms with van der Waals surface area (Å²) in [6, 6.07) is 2.60. The zero-order valence-electron chi connectivity index (χ0n) is 10.9. The van der Waals surface area contributed by atoms with Gasteiger partial charge in [-0.3, -0.25) is 4.68 Å². The average molecular weight is 237 g/mol. The third-order valence-corrected chi connectivity index (χ3v) is 3.43. The number of ether oxygens (including phenoxy) is 1.